The van der Waals surface area contributed by atoms with Crippen LogP contribution < -0.4 is 10.6 Å². The first-order chi connectivity index (χ1) is 16.7. The van der Waals surface area contributed by atoms with E-state index in [4.69, 9.17) is 0 Å². The van der Waals surface area contributed by atoms with E-state index < -0.39 is 0 Å². The second-order valence-corrected chi connectivity index (χ2v) is 8.62. The van der Waals surface area contributed by atoms with Gasteiger partial charge in [0.2, 0.25) is 5.91 Å². The number of nitrogens with zero attached hydrogens (tertiary/aromatic N) is 3. The Kier molecular flexibility index (Phi) is 6.29. The van der Waals surface area contributed by atoms with Crippen molar-refractivity contribution in [3.63, 3.8) is 0 Å². The van der Waals surface area contributed by atoms with Crippen molar-refractivity contribution in [2.75, 3.05) is 10.6 Å². The number of nitrogens with one attached hydrogen (secondary N) is 3. The number of fused-ring (bicyclic) bond motifs is 1. The molecule has 8 nitrogen and oxygen atoms in total. The summed E-state index contributed by atoms with van der Waals surface area (Å²) < 4.78 is 0. The standard InChI is InChI=1S/C26H26N6O2/c33-25(18-6-3-1-2-4-7-18)32-23-14-21-22(16-28-23)31-24(30-21)17-9-11-20(12-10-17)29-26(34)19-8-5-13-27-15-19/h5,8-16,18H,1-4,6-7H2,(H,29,34)(H,30,31)(H,28,32,33). The molecule has 3 aromatic heterocycles. The Morgan fingerprint density at radius 3 is 2.47 bits per heavy atom. The van der Waals surface area contributed by atoms with Crippen molar-refractivity contribution in [1.29, 1.82) is 0 Å². The third kappa shape index (κ3) is 4.96. The predicted molar refractivity (Wildman–Crippen MR) is 131 cm³/mol. The lowest BCUT2D eigenvalue weighted by Crippen LogP contribution is -2.22. The quantitative estimate of drug-likeness (QED) is 0.360. The van der Waals surface area contributed by atoms with Gasteiger partial charge in [-0.3, -0.25) is 14.6 Å². The third-order valence-electron chi connectivity index (χ3n) is 6.18. The van der Waals surface area contributed by atoms with Gasteiger partial charge >= 0.3 is 0 Å². The number of hydrogen-bond acceptors (Lipinski definition) is 5. The van der Waals surface area contributed by atoms with Crippen LogP contribution in [0.3, 0.4) is 0 Å². The lowest BCUT2D eigenvalue weighted by molar-refractivity contribution is -0.120. The number of carbonyl (C=O) groups is 2. The minimum atomic E-state index is -0.214. The van der Waals surface area contributed by atoms with Gasteiger partial charge in [-0.25, -0.2) is 9.97 Å². The molecule has 8 heteroatoms. The Morgan fingerprint density at radius 1 is 0.941 bits per heavy atom. The van der Waals surface area contributed by atoms with Crippen molar-refractivity contribution < 1.29 is 9.59 Å². The number of carbonyl (C=O) groups excluding carboxylic acids is 2. The maximum Gasteiger partial charge on any atom is 0.257 e. The number of hydrogen-bond donors (Lipinski definition) is 3. The molecule has 0 aliphatic heterocycles. The highest BCUT2D eigenvalue weighted by Crippen LogP contribution is 2.26. The molecule has 0 saturated heterocycles. The third-order valence-corrected chi connectivity index (χ3v) is 6.18. The van der Waals surface area contributed by atoms with Gasteiger partial charge in [0.05, 0.1) is 22.8 Å². The smallest absolute Gasteiger partial charge is 0.257 e. The van der Waals surface area contributed by atoms with Crippen LogP contribution in [-0.2, 0) is 4.79 Å². The van der Waals surface area contributed by atoms with Gasteiger partial charge in [0.25, 0.3) is 5.91 Å². The van der Waals surface area contributed by atoms with Gasteiger partial charge in [0, 0.05) is 35.6 Å². The van der Waals surface area contributed by atoms with E-state index in [1.807, 2.05) is 24.3 Å². The first-order valence-corrected chi connectivity index (χ1v) is 11.6. The highest BCUT2D eigenvalue weighted by molar-refractivity contribution is 6.04. The van der Waals surface area contributed by atoms with Gasteiger partial charge in [0.15, 0.2) is 0 Å². The van der Waals surface area contributed by atoms with Gasteiger partial charge in [-0.2, -0.15) is 0 Å². The first-order valence-electron chi connectivity index (χ1n) is 11.6. The van der Waals surface area contributed by atoms with Crippen LogP contribution in [-0.4, -0.2) is 31.8 Å². The average molecular weight is 455 g/mol. The number of amides is 2. The summed E-state index contributed by atoms with van der Waals surface area (Å²) in [6.45, 7) is 0. The van der Waals surface area contributed by atoms with Crippen LogP contribution in [0.25, 0.3) is 22.4 Å². The van der Waals surface area contributed by atoms with Crippen molar-refractivity contribution in [2.45, 2.75) is 38.5 Å². The Morgan fingerprint density at radius 2 is 1.74 bits per heavy atom. The monoisotopic (exact) mass is 454 g/mol. The number of H-pyrrole nitrogens is 1. The number of rotatable bonds is 5. The van der Waals surface area contributed by atoms with Crippen LogP contribution in [0.1, 0.15) is 48.9 Å². The van der Waals surface area contributed by atoms with E-state index in [0.717, 1.165) is 42.3 Å². The van der Waals surface area contributed by atoms with E-state index in [-0.39, 0.29) is 17.7 Å². The molecule has 0 unspecified atom stereocenters. The highest BCUT2D eigenvalue weighted by atomic mass is 16.2. The van der Waals surface area contributed by atoms with E-state index in [1.54, 1.807) is 30.6 Å². The molecule has 0 spiro atoms. The molecule has 0 radical (unpaired) electrons. The van der Waals surface area contributed by atoms with Crippen LogP contribution in [0.4, 0.5) is 11.5 Å². The molecule has 3 N–H and O–H groups in total. The van der Waals surface area contributed by atoms with Crippen molar-refractivity contribution in [3.05, 3.63) is 66.6 Å². The molecule has 2 amide bonds. The van der Waals surface area contributed by atoms with Crippen LogP contribution in [0.5, 0.6) is 0 Å². The predicted octanol–water partition coefficient (Wildman–Crippen LogP) is 5.18. The van der Waals surface area contributed by atoms with Gasteiger partial charge in [-0.15, -0.1) is 0 Å². The number of imidazole rings is 1. The molecule has 172 valence electrons. The summed E-state index contributed by atoms with van der Waals surface area (Å²) in [5.41, 5.74) is 3.57. The first kappa shape index (κ1) is 21.8. The summed E-state index contributed by atoms with van der Waals surface area (Å²) in [4.78, 5) is 41.3. The van der Waals surface area contributed by atoms with E-state index in [1.165, 1.54) is 19.0 Å². The van der Waals surface area contributed by atoms with Gasteiger partial charge in [-0.05, 0) is 49.2 Å². The van der Waals surface area contributed by atoms with Crippen molar-refractivity contribution in [1.82, 2.24) is 19.9 Å². The number of pyridine rings is 2. The lowest BCUT2D eigenvalue weighted by Gasteiger charge is -2.13. The van der Waals surface area contributed by atoms with Crippen molar-refractivity contribution in [2.24, 2.45) is 5.92 Å². The average Bonchev–Trinajstić information content (AvgIpc) is 3.09. The maximum atomic E-state index is 12.7. The summed E-state index contributed by atoms with van der Waals surface area (Å²) in [6, 6.07) is 12.7. The SMILES string of the molecule is O=C(Nc1ccc(-c2nc3cc(NC(=O)C4CCCCCC4)ncc3[nH]2)cc1)c1cccnc1. The second-order valence-electron chi connectivity index (χ2n) is 8.62. The zero-order valence-corrected chi connectivity index (χ0v) is 18.8. The molecular weight excluding hydrogens is 428 g/mol. The molecular formula is C26H26N6O2. The molecule has 34 heavy (non-hydrogen) atoms. The largest absolute Gasteiger partial charge is 0.337 e. The zero-order valence-electron chi connectivity index (χ0n) is 18.8. The molecule has 1 saturated carbocycles. The second kappa shape index (κ2) is 9.82. The summed E-state index contributed by atoms with van der Waals surface area (Å²) in [5.74, 6) is 1.11. The molecule has 1 aliphatic carbocycles. The molecule has 1 aromatic carbocycles. The number of aromatic nitrogens is 4. The number of aromatic amines is 1. The highest BCUT2D eigenvalue weighted by Gasteiger charge is 2.20. The van der Waals surface area contributed by atoms with Gasteiger partial charge in [-0.1, -0.05) is 25.7 Å². The molecule has 0 bridgehead atoms. The topological polar surface area (TPSA) is 113 Å². The molecule has 3 heterocycles. The maximum absolute atomic E-state index is 12.7. The summed E-state index contributed by atoms with van der Waals surface area (Å²) in [6.07, 6.45) is 11.4. The van der Waals surface area contributed by atoms with Crippen LogP contribution in [0.15, 0.2) is 61.1 Å². The minimum Gasteiger partial charge on any atom is -0.337 e. The van der Waals surface area contributed by atoms with E-state index in [0.29, 0.717) is 22.9 Å². The molecule has 0 atom stereocenters. The molecule has 1 aliphatic rings. The van der Waals surface area contributed by atoms with Crippen LogP contribution in [0.2, 0.25) is 0 Å². The normalized spacial score (nSPS) is 14.5. The zero-order chi connectivity index (χ0) is 23.3. The van der Waals surface area contributed by atoms with Crippen LogP contribution >= 0.6 is 0 Å². The van der Waals surface area contributed by atoms with Crippen molar-refractivity contribution in [3.8, 4) is 11.4 Å². The summed E-state index contributed by atoms with van der Waals surface area (Å²) >= 11 is 0. The Bertz CT molecular complexity index is 1290. The number of benzene rings is 1. The summed E-state index contributed by atoms with van der Waals surface area (Å²) in [7, 11) is 0. The minimum absolute atomic E-state index is 0.0495. The molecule has 1 fully saturated rings. The fourth-order valence-electron chi connectivity index (χ4n) is 4.30. The van der Waals surface area contributed by atoms with Crippen LogP contribution in [0, 0.1) is 5.92 Å². The molecule has 4 aromatic rings. The Labute approximate surface area is 197 Å². The van der Waals surface area contributed by atoms with Gasteiger partial charge in [0.1, 0.15) is 11.6 Å². The fraction of sp³-hybridized carbons (Fsp3) is 0.269. The Hall–Kier alpha value is -4.07. The van der Waals surface area contributed by atoms with E-state index in [2.05, 4.69) is 30.6 Å². The van der Waals surface area contributed by atoms with E-state index in [9.17, 15) is 9.59 Å². The Balaban J connectivity index is 1.27. The lowest BCUT2D eigenvalue weighted by atomic mass is 9.99. The molecule has 5 rings (SSSR count). The number of anilines is 2. The van der Waals surface area contributed by atoms with Gasteiger partial charge < -0.3 is 15.6 Å². The fourth-order valence-corrected chi connectivity index (χ4v) is 4.30. The summed E-state index contributed by atoms with van der Waals surface area (Å²) in [5, 5.41) is 5.83. The van der Waals surface area contributed by atoms with Crippen molar-refractivity contribution >= 4 is 34.4 Å². The van der Waals surface area contributed by atoms with E-state index >= 15 is 0 Å².